The first kappa shape index (κ1) is 14.5. The van der Waals surface area contributed by atoms with Gasteiger partial charge in [0.05, 0.1) is 0 Å². The molecule has 0 aliphatic rings. The van der Waals surface area contributed by atoms with E-state index in [-0.39, 0.29) is 12.4 Å². The van der Waals surface area contributed by atoms with E-state index in [1.807, 2.05) is 6.92 Å². The van der Waals surface area contributed by atoms with Crippen LogP contribution < -0.4 is 10.5 Å². The third-order valence-electron chi connectivity index (χ3n) is 2.76. The maximum absolute atomic E-state index is 13.8. The first-order valence-corrected chi connectivity index (χ1v) is 6.65. The first-order valence-electron chi connectivity index (χ1n) is 6.65. The monoisotopic (exact) mass is 279 g/mol. The van der Waals surface area contributed by atoms with E-state index in [4.69, 9.17) is 15.0 Å². The van der Waals surface area contributed by atoms with E-state index < -0.39 is 5.82 Å². The van der Waals surface area contributed by atoms with Crippen LogP contribution in [0.5, 0.6) is 5.75 Å². The van der Waals surface area contributed by atoms with E-state index in [2.05, 4.69) is 10.1 Å². The van der Waals surface area contributed by atoms with Gasteiger partial charge in [-0.2, -0.15) is 4.98 Å². The Morgan fingerprint density at radius 2 is 2.20 bits per heavy atom. The molecule has 0 spiro atoms. The van der Waals surface area contributed by atoms with Crippen molar-refractivity contribution in [2.75, 3.05) is 6.54 Å². The minimum atomic E-state index is -0.413. The topological polar surface area (TPSA) is 74.2 Å². The van der Waals surface area contributed by atoms with E-state index in [0.29, 0.717) is 24.7 Å². The highest BCUT2D eigenvalue weighted by molar-refractivity contribution is 5.29. The number of rotatable bonds is 7. The van der Waals surface area contributed by atoms with Gasteiger partial charge in [0, 0.05) is 6.42 Å². The summed E-state index contributed by atoms with van der Waals surface area (Å²) in [6.07, 6.45) is 2.34. The van der Waals surface area contributed by atoms with Crippen LogP contribution in [0.3, 0.4) is 0 Å². The average Bonchev–Trinajstić information content (AvgIpc) is 2.86. The molecule has 0 aliphatic heterocycles. The molecule has 0 saturated heterocycles. The molecule has 0 fully saturated rings. The molecule has 5 nitrogen and oxygen atoms in total. The van der Waals surface area contributed by atoms with E-state index in [1.165, 1.54) is 6.07 Å². The predicted octanol–water partition coefficient (Wildman–Crippen LogP) is 2.24. The van der Waals surface area contributed by atoms with Crippen molar-refractivity contribution in [3.05, 3.63) is 41.3 Å². The van der Waals surface area contributed by atoms with Gasteiger partial charge >= 0.3 is 0 Å². The second-order valence-corrected chi connectivity index (χ2v) is 4.45. The molecule has 0 saturated carbocycles. The molecule has 2 aromatic rings. The molecule has 1 aromatic heterocycles. The summed E-state index contributed by atoms with van der Waals surface area (Å²) in [5.74, 6) is 0.744. The Hall–Kier alpha value is -1.95. The Labute approximate surface area is 116 Å². The SMILES string of the molecule is CCCc1noc(COc2ccc(CCN)cc2F)n1. The summed E-state index contributed by atoms with van der Waals surface area (Å²) < 4.78 is 24.1. The van der Waals surface area contributed by atoms with Crippen molar-refractivity contribution in [2.45, 2.75) is 32.8 Å². The van der Waals surface area contributed by atoms with Gasteiger partial charge in [0.25, 0.3) is 5.89 Å². The number of halogens is 1. The van der Waals surface area contributed by atoms with Crippen molar-refractivity contribution in [1.82, 2.24) is 10.1 Å². The highest BCUT2D eigenvalue weighted by Crippen LogP contribution is 2.19. The summed E-state index contributed by atoms with van der Waals surface area (Å²) in [5, 5.41) is 3.81. The van der Waals surface area contributed by atoms with Crippen molar-refractivity contribution in [2.24, 2.45) is 5.73 Å². The normalized spacial score (nSPS) is 10.8. The standard InChI is InChI=1S/C14H18FN3O2/c1-2-3-13-17-14(20-18-13)9-19-12-5-4-10(6-7-16)8-11(12)15/h4-5,8H,2-3,6-7,9,16H2,1H3. The number of nitrogens with two attached hydrogens (primary N) is 1. The van der Waals surface area contributed by atoms with Crippen LogP contribution in [-0.2, 0) is 19.4 Å². The highest BCUT2D eigenvalue weighted by Gasteiger charge is 2.09. The van der Waals surface area contributed by atoms with Crippen LogP contribution in [0.15, 0.2) is 22.7 Å². The quantitative estimate of drug-likeness (QED) is 0.841. The van der Waals surface area contributed by atoms with Gasteiger partial charge in [0.15, 0.2) is 24.0 Å². The van der Waals surface area contributed by atoms with Crippen LogP contribution in [-0.4, -0.2) is 16.7 Å². The maximum atomic E-state index is 13.8. The van der Waals surface area contributed by atoms with Crippen molar-refractivity contribution in [1.29, 1.82) is 0 Å². The Bertz CT molecular complexity index is 557. The van der Waals surface area contributed by atoms with Crippen molar-refractivity contribution in [3.63, 3.8) is 0 Å². The molecule has 0 amide bonds. The minimum Gasteiger partial charge on any atom is -0.481 e. The molecule has 2 rings (SSSR count). The van der Waals surface area contributed by atoms with Gasteiger partial charge < -0.3 is 15.0 Å². The minimum absolute atomic E-state index is 0.0594. The third kappa shape index (κ3) is 3.77. The van der Waals surface area contributed by atoms with Gasteiger partial charge in [-0.3, -0.25) is 0 Å². The predicted molar refractivity (Wildman–Crippen MR) is 71.8 cm³/mol. The van der Waals surface area contributed by atoms with Crippen LogP contribution in [0.25, 0.3) is 0 Å². The van der Waals surface area contributed by atoms with Crippen LogP contribution in [0.2, 0.25) is 0 Å². The largest absolute Gasteiger partial charge is 0.481 e. The van der Waals surface area contributed by atoms with Crippen molar-refractivity contribution >= 4 is 0 Å². The molecular weight excluding hydrogens is 261 g/mol. The molecule has 0 unspecified atom stereocenters. The number of aryl methyl sites for hydroxylation is 1. The summed E-state index contributed by atoms with van der Waals surface area (Å²) in [4.78, 5) is 4.15. The summed E-state index contributed by atoms with van der Waals surface area (Å²) in [5.41, 5.74) is 6.28. The second-order valence-electron chi connectivity index (χ2n) is 4.45. The van der Waals surface area contributed by atoms with E-state index in [0.717, 1.165) is 18.4 Å². The number of ether oxygens (including phenoxy) is 1. The Morgan fingerprint density at radius 1 is 1.35 bits per heavy atom. The lowest BCUT2D eigenvalue weighted by Gasteiger charge is -2.06. The molecule has 20 heavy (non-hydrogen) atoms. The lowest BCUT2D eigenvalue weighted by Crippen LogP contribution is -2.04. The fourth-order valence-electron chi connectivity index (χ4n) is 1.80. The number of aromatic nitrogens is 2. The maximum Gasteiger partial charge on any atom is 0.264 e. The van der Waals surface area contributed by atoms with Gasteiger partial charge in [0.2, 0.25) is 0 Å². The van der Waals surface area contributed by atoms with Crippen LogP contribution >= 0.6 is 0 Å². The Kier molecular flexibility index (Phi) is 5.06. The summed E-state index contributed by atoms with van der Waals surface area (Å²) >= 11 is 0. The molecule has 108 valence electrons. The summed E-state index contributed by atoms with van der Waals surface area (Å²) in [7, 11) is 0. The number of hydrogen-bond acceptors (Lipinski definition) is 5. The number of benzene rings is 1. The molecule has 1 aromatic carbocycles. The molecule has 0 atom stereocenters. The molecular formula is C14H18FN3O2. The first-order chi connectivity index (χ1) is 9.72. The summed E-state index contributed by atoms with van der Waals surface area (Å²) in [6.45, 7) is 2.58. The fourth-order valence-corrected chi connectivity index (χ4v) is 1.80. The molecule has 6 heteroatoms. The van der Waals surface area contributed by atoms with E-state index in [1.54, 1.807) is 12.1 Å². The zero-order valence-corrected chi connectivity index (χ0v) is 11.4. The van der Waals surface area contributed by atoms with Gasteiger partial charge in [-0.05, 0) is 37.1 Å². The van der Waals surface area contributed by atoms with Crippen LogP contribution in [0, 0.1) is 5.82 Å². The average molecular weight is 279 g/mol. The molecule has 2 N–H and O–H groups in total. The smallest absolute Gasteiger partial charge is 0.264 e. The second kappa shape index (κ2) is 7.00. The van der Waals surface area contributed by atoms with Crippen molar-refractivity contribution in [3.8, 4) is 5.75 Å². The zero-order chi connectivity index (χ0) is 14.4. The van der Waals surface area contributed by atoms with Crippen LogP contribution in [0.4, 0.5) is 4.39 Å². The van der Waals surface area contributed by atoms with Gasteiger partial charge in [-0.1, -0.05) is 18.1 Å². The number of nitrogens with zero attached hydrogens (tertiary/aromatic N) is 2. The van der Waals surface area contributed by atoms with Gasteiger partial charge in [-0.15, -0.1) is 0 Å². The van der Waals surface area contributed by atoms with Gasteiger partial charge in [0.1, 0.15) is 0 Å². The zero-order valence-electron chi connectivity index (χ0n) is 11.4. The fraction of sp³-hybridized carbons (Fsp3) is 0.429. The number of hydrogen-bond donors (Lipinski definition) is 1. The van der Waals surface area contributed by atoms with Crippen LogP contribution in [0.1, 0.15) is 30.6 Å². The molecule has 1 heterocycles. The Morgan fingerprint density at radius 3 is 2.90 bits per heavy atom. The third-order valence-corrected chi connectivity index (χ3v) is 2.76. The lowest BCUT2D eigenvalue weighted by atomic mass is 10.1. The molecule has 0 aliphatic carbocycles. The summed E-state index contributed by atoms with van der Waals surface area (Å²) in [6, 6.07) is 4.81. The molecule has 0 radical (unpaired) electrons. The lowest BCUT2D eigenvalue weighted by molar-refractivity contribution is 0.234. The highest BCUT2D eigenvalue weighted by atomic mass is 19.1. The van der Waals surface area contributed by atoms with E-state index >= 15 is 0 Å². The molecule has 0 bridgehead atoms. The van der Waals surface area contributed by atoms with Crippen molar-refractivity contribution < 1.29 is 13.7 Å². The van der Waals surface area contributed by atoms with Gasteiger partial charge in [-0.25, -0.2) is 4.39 Å². The van der Waals surface area contributed by atoms with E-state index in [9.17, 15) is 4.39 Å². The Balaban J connectivity index is 1.95.